The van der Waals surface area contributed by atoms with Crippen molar-refractivity contribution in [3.63, 3.8) is 0 Å². The lowest BCUT2D eigenvalue weighted by Gasteiger charge is -2.35. The summed E-state index contributed by atoms with van der Waals surface area (Å²) in [5.41, 5.74) is 6.21. The molecule has 1 aromatic heterocycles. The van der Waals surface area contributed by atoms with Gasteiger partial charge in [0.05, 0.1) is 0 Å². The lowest BCUT2D eigenvalue weighted by molar-refractivity contribution is 0.142. The van der Waals surface area contributed by atoms with Gasteiger partial charge in [0.1, 0.15) is 0 Å². The Morgan fingerprint density at radius 2 is 1.88 bits per heavy atom. The molecule has 1 saturated heterocycles. The third-order valence-electron chi connectivity index (χ3n) is 5.18. The van der Waals surface area contributed by atoms with Gasteiger partial charge in [0.25, 0.3) is 0 Å². The summed E-state index contributed by atoms with van der Waals surface area (Å²) in [6.45, 7) is 2.54. The highest BCUT2D eigenvalue weighted by Gasteiger charge is 2.24. The fourth-order valence-electron chi connectivity index (χ4n) is 3.82. The van der Waals surface area contributed by atoms with Gasteiger partial charge in [-0.2, -0.15) is 0 Å². The number of hydrogen-bond donors (Lipinski definition) is 1. The second-order valence-corrected chi connectivity index (χ2v) is 7.04. The minimum Gasteiger partial charge on any atom is -0.465 e. The summed E-state index contributed by atoms with van der Waals surface area (Å²) < 4.78 is 0. The monoisotopic (exact) mass is 357 g/mol. The Morgan fingerprint density at radius 3 is 2.64 bits per heavy atom. The molecule has 1 aromatic carbocycles. The fourth-order valence-corrected chi connectivity index (χ4v) is 4.02. The maximum absolute atomic E-state index is 11.1. The number of aromatic nitrogens is 1. The lowest BCUT2D eigenvalue weighted by Crippen LogP contribution is -2.48. The molecule has 1 amide bonds. The molecule has 2 aromatic rings. The van der Waals surface area contributed by atoms with Crippen LogP contribution in [-0.4, -0.2) is 47.3 Å². The van der Waals surface area contributed by atoms with Crippen molar-refractivity contribution in [2.45, 2.75) is 19.3 Å². The number of piperazine rings is 1. The molecule has 0 bridgehead atoms. The van der Waals surface area contributed by atoms with E-state index in [4.69, 9.17) is 16.7 Å². The Bertz CT molecular complexity index is 816. The minimum atomic E-state index is -0.833. The van der Waals surface area contributed by atoms with Gasteiger partial charge in [-0.3, -0.25) is 4.98 Å². The molecule has 130 valence electrons. The van der Waals surface area contributed by atoms with Crippen LogP contribution in [0, 0.1) is 0 Å². The molecule has 1 aliphatic heterocycles. The molecule has 0 unspecified atom stereocenters. The van der Waals surface area contributed by atoms with Crippen molar-refractivity contribution in [1.82, 2.24) is 9.88 Å². The maximum Gasteiger partial charge on any atom is 0.407 e. The largest absolute Gasteiger partial charge is 0.465 e. The van der Waals surface area contributed by atoms with Gasteiger partial charge in [0.2, 0.25) is 0 Å². The number of hydrogen-bond acceptors (Lipinski definition) is 3. The number of pyridine rings is 1. The molecular formula is C19H20ClN3O2. The van der Waals surface area contributed by atoms with Crippen molar-refractivity contribution in [2.24, 2.45) is 0 Å². The molecule has 2 aliphatic rings. The van der Waals surface area contributed by atoms with Crippen molar-refractivity contribution in [2.75, 3.05) is 31.1 Å². The van der Waals surface area contributed by atoms with E-state index in [9.17, 15) is 4.79 Å². The molecule has 0 spiro atoms. The number of anilines is 1. The minimum absolute atomic E-state index is 0.544. The molecule has 0 saturated carbocycles. The molecular weight excluding hydrogens is 338 g/mol. The first-order valence-corrected chi connectivity index (χ1v) is 8.96. The highest BCUT2D eigenvalue weighted by Crippen LogP contribution is 2.31. The highest BCUT2D eigenvalue weighted by molar-refractivity contribution is 6.30. The van der Waals surface area contributed by atoms with Crippen molar-refractivity contribution in [3.05, 3.63) is 57.9 Å². The van der Waals surface area contributed by atoms with Crippen LogP contribution in [0.15, 0.2) is 30.5 Å². The van der Waals surface area contributed by atoms with E-state index in [1.807, 2.05) is 12.3 Å². The van der Waals surface area contributed by atoms with Crippen molar-refractivity contribution in [1.29, 1.82) is 0 Å². The van der Waals surface area contributed by atoms with Gasteiger partial charge in [-0.15, -0.1) is 0 Å². The standard InChI is InChI=1S/C19H20ClN3O2/c20-15-3-1-14-12-17-16(4-2-13(14)11-15)18(5-6-21-17)22-7-9-23(10-8-22)19(24)25/h1,3,5-6,11H,2,4,7-10,12H2,(H,24,25). The number of rotatable bonds is 1. The van der Waals surface area contributed by atoms with E-state index in [1.165, 1.54) is 27.3 Å². The zero-order valence-corrected chi connectivity index (χ0v) is 14.7. The first-order chi connectivity index (χ1) is 12.1. The molecule has 1 aliphatic carbocycles. The first-order valence-electron chi connectivity index (χ1n) is 8.58. The maximum atomic E-state index is 11.1. The summed E-state index contributed by atoms with van der Waals surface area (Å²) in [5.74, 6) is 0. The predicted octanol–water partition coefficient (Wildman–Crippen LogP) is 3.22. The average Bonchev–Trinajstić information content (AvgIpc) is 2.80. The predicted molar refractivity (Wildman–Crippen MR) is 97.7 cm³/mol. The van der Waals surface area contributed by atoms with Crippen LogP contribution in [0.3, 0.4) is 0 Å². The SMILES string of the molecule is O=C(O)N1CCN(c2ccnc3c2CCc2cc(Cl)ccc2C3)CC1. The van der Waals surface area contributed by atoms with Gasteiger partial charge in [-0.05, 0) is 47.7 Å². The number of carboxylic acid groups (broad SMARTS) is 1. The second-order valence-electron chi connectivity index (χ2n) is 6.60. The normalized spacial score (nSPS) is 16.8. The molecule has 0 atom stereocenters. The van der Waals surface area contributed by atoms with E-state index < -0.39 is 6.09 Å². The van der Waals surface area contributed by atoms with Crippen LogP contribution >= 0.6 is 11.6 Å². The summed E-state index contributed by atoms with van der Waals surface area (Å²) in [6, 6.07) is 8.18. The van der Waals surface area contributed by atoms with Crippen LogP contribution < -0.4 is 4.90 Å². The second kappa shape index (κ2) is 6.56. The zero-order chi connectivity index (χ0) is 17.4. The summed E-state index contributed by atoms with van der Waals surface area (Å²) in [4.78, 5) is 19.5. The molecule has 4 rings (SSSR count). The zero-order valence-electron chi connectivity index (χ0n) is 13.9. The van der Waals surface area contributed by atoms with Crippen molar-refractivity contribution in [3.8, 4) is 0 Å². The first kappa shape index (κ1) is 16.2. The average molecular weight is 358 g/mol. The lowest BCUT2D eigenvalue weighted by atomic mass is 10.0. The number of amides is 1. The van der Waals surface area contributed by atoms with Crippen LogP contribution in [0.25, 0.3) is 0 Å². The smallest absolute Gasteiger partial charge is 0.407 e. The van der Waals surface area contributed by atoms with Gasteiger partial charge in [0.15, 0.2) is 0 Å². The number of aryl methyl sites for hydroxylation is 1. The number of benzene rings is 1. The number of carbonyl (C=O) groups is 1. The third kappa shape index (κ3) is 3.16. The van der Waals surface area contributed by atoms with Gasteiger partial charge in [-0.1, -0.05) is 17.7 Å². The summed E-state index contributed by atoms with van der Waals surface area (Å²) >= 11 is 6.16. The van der Waals surface area contributed by atoms with Crippen LogP contribution in [0.2, 0.25) is 5.02 Å². The van der Waals surface area contributed by atoms with Gasteiger partial charge >= 0.3 is 6.09 Å². The number of fused-ring (bicyclic) bond motifs is 2. The van der Waals surface area contributed by atoms with E-state index in [1.54, 1.807) is 0 Å². The van der Waals surface area contributed by atoms with Crippen LogP contribution in [0.1, 0.15) is 22.4 Å². The van der Waals surface area contributed by atoms with E-state index in [0.717, 1.165) is 43.1 Å². The Hall–Kier alpha value is -2.27. The molecule has 0 radical (unpaired) electrons. The third-order valence-corrected chi connectivity index (χ3v) is 5.42. The van der Waals surface area contributed by atoms with E-state index >= 15 is 0 Å². The summed E-state index contributed by atoms with van der Waals surface area (Å²) in [6.07, 6.45) is 3.76. The Balaban J connectivity index is 1.61. The van der Waals surface area contributed by atoms with E-state index in [0.29, 0.717) is 13.1 Å². The number of halogens is 1. The highest BCUT2D eigenvalue weighted by atomic mass is 35.5. The molecule has 2 heterocycles. The molecule has 6 heteroatoms. The Kier molecular flexibility index (Phi) is 4.25. The fraction of sp³-hybridized carbons (Fsp3) is 0.368. The quantitative estimate of drug-likeness (QED) is 0.851. The van der Waals surface area contributed by atoms with Gasteiger partial charge in [0, 0.05) is 55.2 Å². The van der Waals surface area contributed by atoms with E-state index in [-0.39, 0.29) is 0 Å². The Labute approximate surface area is 151 Å². The summed E-state index contributed by atoms with van der Waals surface area (Å²) in [7, 11) is 0. The van der Waals surface area contributed by atoms with Crippen molar-refractivity contribution >= 4 is 23.4 Å². The molecule has 25 heavy (non-hydrogen) atoms. The molecule has 5 nitrogen and oxygen atoms in total. The van der Waals surface area contributed by atoms with E-state index in [2.05, 4.69) is 28.1 Å². The molecule has 1 fully saturated rings. The van der Waals surface area contributed by atoms with Crippen LogP contribution in [0.5, 0.6) is 0 Å². The topological polar surface area (TPSA) is 56.7 Å². The Morgan fingerprint density at radius 1 is 1.08 bits per heavy atom. The van der Waals surface area contributed by atoms with Crippen LogP contribution in [-0.2, 0) is 19.3 Å². The molecule has 1 N–H and O–H groups in total. The van der Waals surface area contributed by atoms with Crippen LogP contribution in [0.4, 0.5) is 10.5 Å². The van der Waals surface area contributed by atoms with Crippen molar-refractivity contribution < 1.29 is 9.90 Å². The summed E-state index contributed by atoms with van der Waals surface area (Å²) in [5, 5.41) is 9.91. The number of nitrogens with zero attached hydrogens (tertiary/aromatic N) is 3. The van der Waals surface area contributed by atoms with Gasteiger partial charge in [-0.25, -0.2) is 4.79 Å². The van der Waals surface area contributed by atoms with Gasteiger partial charge < -0.3 is 14.9 Å².